The van der Waals surface area contributed by atoms with E-state index >= 15 is 0 Å². The fourth-order valence-electron chi connectivity index (χ4n) is 3.16. The van der Waals surface area contributed by atoms with Gasteiger partial charge in [-0.3, -0.25) is 4.79 Å². The number of rotatable bonds is 2. The van der Waals surface area contributed by atoms with Crippen molar-refractivity contribution >= 4 is 22.4 Å². The highest BCUT2D eigenvalue weighted by Gasteiger charge is 2.27. The monoisotopic (exact) mass is 299 g/mol. The molecule has 21 heavy (non-hydrogen) atoms. The number of hydrogen-bond acceptors (Lipinski definition) is 4. The van der Waals surface area contributed by atoms with Gasteiger partial charge in [0, 0.05) is 11.4 Å². The van der Waals surface area contributed by atoms with E-state index < -0.39 is 0 Å². The zero-order valence-corrected chi connectivity index (χ0v) is 12.5. The zero-order valence-electron chi connectivity index (χ0n) is 11.7. The first-order chi connectivity index (χ1) is 10.3. The predicted octanol–water partition coefficient (Wildman–Crippen LogP) is 2.46. The molecule has 1 aromatic heterocycles. The van der Waals surface area contributed by atoms with Crippen LogP contribution in [0, 0.1) is 0 Å². The van der Waals surface area contributed by atoms with Crippen LogP contribution in [0.25, 0.3) is 0 Å². The molecule has 1 aliphatic carbocycles. The number of nitrogens with zero attached hydrogens (tertiary/aromatic N) is 1. The smallest absolute Gasteiger partial charge is 0.247 e. The van der Waals surface area contributed by atoms with E-state index in [1.54, 1.807) is 11.3 Å². The molecule has 108 valence electrons. The van der Waals surface area contributed by atoms with Crippen molar-refractivity contribution in [2.24, 2.45) is 0 Å². The summed E-state index contributed by atoms with van der Waals surface area (Å²) in [6, 6.07) is 7.89. The second kappa shape index (κ2) is 5.24. The Morgan fingerprint density at radius 1 is 1.29 bits per heavy atom. The molecule has 2 N–H and O–H groups in total. The van der Waals surface area contributed by atoms with Gasteiger partial charge < -0.3 is 10.6 Å². The van der Waals surface area contributed by atoms with Gasteiger partial charge in [0.15, 0.2) is 5.13 Å². The Morgan fingerprint density at radius 2 is 2.19 bits per heavy atom. The molecule has 1 aromatic carbocycles. The molecule has 4 rings (SSSR count). The van der Waals surface area contributed by atoms with Gasteiger partial charge in [0.25, 0.3) is 0 Å². The molecular formula is C16H17N3OS. The summed E-state index contributed by atoms with van der Waals surface area (Å²) < 4.78 is 0. The van der Waals surface area contributed by atoms with E-state index in [-0.39, 0.29) is 11.9 Å². The van der Waals surface area contributed by atoms with Crippen molar-refractivity contribution in [3.63, 3.8) is 0 Å². The van der Waals surface area contributed by atoms with Gasteiger partial charge in [-0.2, -0.15) is 0 Å². The molecule has 2 aliphatic rings. The first-order valence-corrected chi connectivity index (χ1v) is 8.23. The topological polar surface area (TPSA) is 54.0 Å². The minimum atomic E-state index is -0.270. The predicted molar refractivity (Wildman–Crippen MR) is 83.7 cm³/mol. The highest BCUT2D eigenvalue weighted by molar-refractivity contribution is 7.15. The van der Waals surface area contributed by atoms with Gasteiger partial charge in [-0.05, 0) is 36.8 Å². The molecule has 1 aliphatic heterocycles. The van der Waals surface area contributed by atoms with E-state index in [0.29, 0.717) is 0 Å². The van der Waals surface area contributed by atoms with Crippen molar-refractivity contribution in [1.29, 1.82) is 0 Å². The lowest BCUT2D eigenvalue weighted by Crippen LogP contribution is -2.38. The minimum absolute atomic E-state index is 0.00502. The van der Waals surface area contributed by atoms with Crippen molar-refractivity contribution < 1.29 is 4.79 Å². The molecule has 5 heteroatoms. The number of anilines is 1. The molecule has 0 saturated carbocycles. The van der Waals surface area contributed by atoms with Crippen molar-refractivity contribution in [3.05, 3.63) is 46.0 Å². The third-order valence-corrected chi connectivity index (χ3v) is 5.27. The number of benzene rings is 1. The van der Waals surface area contributed by atoms with Gasteiger partial charge in [0.2, 0.25) is 5.91 Å². The second-order valence-corrected chi connectivity index (χ2v) is 6.65. The van der Waals surface area contributed by atoms with Gasteiger partial charge >= 0.3 is 0 Å². The van der Waals surface area contributed by atoms with Crippen molar-refractivity contribution in [1.82, 2.24) is 10.3 Å². The molecule has 0 fully saturated rings. The summed E-state index contributed by atoms with van der Waals surface area (Å²) in [6.07, 6.45) is 4.32. The zero-order chi connectivity index (χ0) is 14.2. The number of nitrogens with one attached hydrogen (secondary N) is 2. The van der Waals surface area contributed by atoms with Gasteiger partial charge in [-0.1, -0.05) is 24.3 Å². The molecule has 2 heterocycles. The quantitative estimate of drug-likeness (QED) is 0.895. The van der Waals surface area contributed by atoms with Gasteiger partial charge in [-0.25, -0.2) is 4.98 Å². The van der Waals surface area contributed by atoms with Crippen LogP contribution in [-0.2, 0) is 24.1 Å². The standard InChI is InChI=1S/C16H17N3OS/c20-15(19-16-18-12-6-3-7-13(12)21-16)14-11-5-2-1-4-10(11)8-9-17-14/h1-2,4-5,14,17H,3,6-9H2,(H,18,19,20). The molecule has 0 bridgehead atoms. The summed E-state index contributed by atoms with van der Waals surface area (Å²) in [5.41, 5.74) is 3.52. The van der Waals surface area contributed by atoms with Crippen LogP contribution in [0.1, 0.15) is 34.2 Å². The summed E-state index contributed by atoms with van der Waals surface area (Å²) in [6.45, 7) is 0.837. The number of aromatic nitrogens is 1. The van der Waals surface area contributed by atoms with Crippen LogP contribution in [0.15, 0.2) is 24.3 Å². The second-order valence-electron chi connectivity index (χ2n) is 5.57. The molecular weight excluding hydrogens is 282 g/mol. The van der Waals surface area contributed by atoms with E-state index in [4.69, 9.17) is 0 Å². The molecule has 1 atom stereocenters. The number of amides is 1. The van der Waals surface area contributed by atoms with E-state index in [0.717, 1.165) is 36.5 Å². The van der Waals surface area contributed by atoms with E-state index in [9.17, 15) is 4.79 Å². The minimum Gasteiger partial charge on any atom is -0.302 e. The highest BCUT2D eigenvalue weighted by Crippen LogP contribution is 2.31. The SMILES string of the molecule is O=C(Nc1nc2c(s1)CCC2)C1NCCc2ccccc21. The number of carbonyl (C=O) groups is 1. The number of carbonyl (C=O) groups excluding carboxylic acids is 1. The molecule has 2 aromatic rings. The maximum absolute atomic E-state index is 12.6. The number of thiazole rings is 1. The maximum Gasteiger partial charge on any atom is 0.247 e. The van der Waals surface area contributed by atoms with Crippen LogP contribution in [-0.4, -0.2) is 17.4 Å². The summed E-state index contributed by atoms with van der Waals surface area (Å²) in [5, 5.41) is 7.04. The van der Waals surface area contributed by atoms with Crippen molar-refractivity contribution in [2.45, 2.75) is 31.7 Å². The fraction of sp³-hybridized carbons (Fsp3) is 0.375. The lowest BCUT2D eigenvalue weighted by Gasteiger charge is -2.25. The number of aryl methyl sites for hydroxylation is 2. The summed E-state index contributed by atoms with van der Waals surface area (Å²) in [7, 11) is 0. The van der Waals surface area contributed by atoms with Crippen LogP contribution in [0.3, 0.4) is 0 Å². The van der Waals surface area contributed by atoms with Crippen molar-refractivity contribution in [3.8, 4) is 0 Å². The first kappa shape index (κ1) is 13.0. The molecule has 1 amide bonds. The normalized spacial score (nSPS) is 19.9. The van der Waals surface area contributed by atoms with E-state index in [1.807, 2.05) is 18.2 Å². The molecule has 4 nitrogen and oxygen atoms in total. The Morgan fingerprint density at radius 3 is 3.10 bits per heavy atom. The summed E-state index contributed by atoms with van der Waals surface area (Å²) in [4.78, 5) is 18.4. The average Bonchev–Trinajstić information content (AvgIpc) is 3.07. The number of fused-ring (bicyclic) bond motifs is 2. The van der Waals surface area contributed by atoms with Crippen LogP contribution < -0.4 is 10.6 Å². The van der Waals surface area contributed by atoms with Crippen LogP contribution in [0.5, 0.6) is 0 Å². The van der Waals surface area contributed by atoms with Gasteiger partial charge in [-0.15, -0.1) is 11.3 Å². The Bertz CT molecular complexity index is 673. The highest BCUT2D eigenvalue weighted by atomic mass is 32.1. The molecule has 0 saturated heterocycles. The summed E-state index contributed by atoms with van der Waals surface area (Å²) >= 11 is 1.62. The van der Waals surface area contributed by atoms with Crippen LogP contribution in [0.4, 0.5) is 5.13 Å². The Hall–Kier alpha value is -1.72. The average molecular weight is 299 g/mol. The molecule has 1 unspecified atom stereocenters. The van der Waals surface area contributed by atoms with E-state index in [1.165, 1.54) is 22.6 Å². The van der Waals surface area contributed by atoms with E-state index in [2.05, 4.69) is 21.7 Å². The number of hydrogen-bond donors (Lipinski definition) is 2. The third kappa shape index (κ3) is 2.36. The fourth-order valence-corrected chi connectivity index (χ4v) is 4.21. The third-order valence-electron chi connectivity index (χ3n) is 4.20. The van der Waals surface area contributed by atoms with Crippen molar-refractivity contribution in [2.75, 3.05) is 11.9 Å². The van der Waals surface area contributed by atoms with Crippen LogP contribution in [0.2, 0.25) is 0 Å². The Labute approximate surface area is 127 Å². The lowest BCUT2D eigenvalue weighted by atomic mass is 9.94. The molecule has 0 radical (unpaired) electrons. The van der Waals surface area contributed by atoms with Gasteiger partial charge in [0.1, 0.15) is 6.04 Å². The van der Waals surface area contributed by atoms with Gasteiger partial charge in [0.05, 0.1) is 5.69 Å². The lowest BCUT2D eigenvalue weighted by molar-refractivity contribution is -0.118. The Kier molecular flexibility index (Phi) is 3.24. The Balaban J connectivity index is 1.55. The summed E-state index contributed by atoms with van der Waals surface area (Å²) in [5.74, 6) is -0.00502. The van der Waals surface area contributed by atoms with Crippen LogP contribution >= 0.6 is 11.3 Å². The first-order valence-electron chi connectivity index (χ1n) is 7.42. The molecule has 0 spiro atoms. The largest absolute Gasteiger partial charge is 0.302 e. The maximum atomic E-state index is 12.6.